The Hall–Kier alpha value is -3.54. The van der Waals surface area contributed by atoms with E-state index >= 15 is 0 Å². The van der Waals surface area contributed by atoms with E-state index in [1.807, 2.05) is 45.9 Å². The zero-order chi connectivity index (χ0) is 24.2. The second-order valence-corrected chi connectivity index (χ2v) is 10.1. The molecule has 0 N–H and O–H groups in total. The van der Waals surface area contributed by atoms with Crippen LogP contribution in [-0.2, 0) is 9.31 Å². The van der Waals surface area contributed by atoms with Crippen molar-refractivity contribution in [3.8, 4) is 22.4 Å². The van der Waals surface area contributed by atoms with E-state index in [0.29, 0.717) is 5.72 Å². The third-order valence-electron chi connectivity index (χ3n) is 7.34. The van der Waals surface area contributed by atoms with Gasteiger partial charge in [-0.05, 0) is 55.7 Å². The first-order chi connectivity index (χ1) is 16.8. The van der Waals surface area contributed by atoms with Crippen LogP contribution in [0.25, 0.3) is 44.1 Å². The number of fused-ring (bicyclic) bond motifs is 2. The number of para-hydroxylation sites is 1. The van der Waals surface area contributed by atoms with Crippen molar-refractivity contribution in [1.82, 2.24) is 9.97 Å². The fourth-order valence-electron chi connectivity index (χ4n) is 4.65. The molecule has 1 aromatic heterocycles. The van der Waals surface area contributed by atoms with Crippen LogP contribution in [0.15, 0.2) is 91.0 Å². The van der Waals surface area contributed by atoms with Gasteiger partial charge in [0.25, 0.3) is 0 Å². The van der Waals surface area contributed by atoms with Crippen LogP contribution in [-0.4, -0.2) is 28.3 Å². The Labute approximate surface area is 206 Å². The maximum atomic E-state index is 6.26. The number of rotatable bonds is 3. The number of hydrogen-bond acceptors (Lipinski definition) is 4. The third kappa shape index (κ3) is 3.72. The Morgan fingerprint density at radius 1 is 0.600 bits per heavy atom. The highest BCUT2D eigenvalue weighted by atomic mass is 16.7. The van der Waals surface area contributed by atoms with Gasteiger partial charge in [-0.1, -0.05) is 84.9 Å². The summed E-state index contributed by atoms with van der Waals surface area (Å²) >= 11 is 0. The quantitative estimate of drug-likeness (QED) is 0.293. The highest BCUT2D eigenvalue weighted by Gasteiger charge is 2.53. The molecule has 172 valence electrons. The standard InChI is InChI=1S/C30H27BN2O2/c1-29(2)30(3,4)35-31(34-29)28-32-26-15-8-7-13-25(26)27(33-28)22-18-16-21(17-19-22)24-14-9-11-20-10-5-6-12-23(20)24/h5-19H,1-4H3. The molecule has 6 rings (SSSR count). The first kappa shape index (κ1) is 22.0. The van der Waals surface area contributed by atoms with Crippen LogP contribution < -0.4 is 5.72 Å². The molecule has 0 aliphatic carbocycles. The zero-order valence-corrected chi connectivity index (χ0v) is 20.4. The molecule has 4 aromatic carbocycles. The molecule has 0 saturated carbocycles. The van der Waals surface area contributed by atoms with Gasteiger partial charge < -0.3 is 9.31 Å². The SMILES string of the molecule is CC1(C)OB(c2nc(-c3ccc(-c4cccc5ccccc45)cc3)c3ccccc3n2)OC1(C)C. The van der Waals surface area contributed by atoms with Gasteiger partial charge >= 0.3 is 7.12 Å². The summed E-state index contributed by atoms with van der Waals surface area (Å²) in [5, 5.41) is 3.49. The van der Waals surface area contributed by atoms with Crippen LogP contribution in [0, 0.1) is 0 Å². The molecule has 1 fully saturated rings. The molecule has 1 saturated heterocycles. The van der Waals surface area contributed by atoms with Crippen molar-refractivity contribution in [3.05, 3.63) is 91.0 Å². The van der Waals surface area contributed by atoms with Gasteiger partial charge in [-0.2, -0.15) is 0 Å². The lowest BCUT2D eigenvalue weighted by Crippen LogP contribution is -2.41. The Balaban J connectivity index is 1.44. The topological polar surface area (TPSA) is 44.2 Å². The monoisotopic (exact) mass is 458 g/mol. The normalized spacial score (nSPS) is 16.7. The fourth-order valence-corrected chi connectivity index (χ4v) is 4.65. The van der Waals surface area contributed by atoms with E-state index in [0.717, 1.165) is 22.2 Å². The van der Waals surface area contributed by atoms with Crippen LogP contribution in [0.1, 0.15) is 27.7 Å². The average molecular weight is 458 g/mol. The Morgan fingerprint density at radius 2 is 1.20 bits per heavy atom. The summed E-state index contributed by atoms with van der Waals surface area (Å²) in [5.74, 6) is 0. The van der Waals surface area contributed by atoms with E-state index < -0.39 is 18.3 Å². The van der Waals surface area contributed by atoms with Gasteiger partial charge in [0.05, 0.1) is 22.4 Å². The van der Waals surface area contributed by atoms with Crippen molar-refractivity contribution in [2.75, 3.05) is 0 Å². The number of aromatic nitrogens is 2. The highest BCUT2D eigenvalue weighted by molar-refractivity contribution is 6.60. The van der Waals surface area contributed by atoms with E-state index in [2.05, 4.69) is 72.8 Å². The van der Waals surface area contributed by atoms with Crippen molar-refractivity contribution in [2.45, 2.75) is 38.9 Å². The lowest BCUT2D eigenvalue weighted by molar-refractivity contribution is 0.00578. The maximum absolute atomic E-state index is 6.26. The van der Waals surface area contributed by atoms with Gasteiger partial charge in [-0.3, -0.25) is 0 Å². The molecule has 0 amide bonds. The fraction of sp³-hybridized carbons (Fsp3) is 0.200. The lowest BCUT2D eigenvalue weighted by Gasteiger charge is -2.32. The third-order valence-corrected chi connectivity index (χ3v) is 7.34. The van der Waals surface area contributed by atoms with Crippen molar-refractivity contribution in [2.24, 2.45) is 0 Å². The van der Waals surface area contributed by atoms with E-state index in [1.165, 1.54) is 21.9 Å². The van der Waals surface area contributed by atoms with Gasteiger partial charge in [0, 0.05) is 10.9 Å². The van der Waals surface area contributed by atoms with Crippen molar-refractivity contribution >= 4 is 34.5 Å². The van der Waals surface area contributed by atoms with E-state index in [1.54, 1.807) is 0 Å². The Bertz CT molecular complexity index is 1540. The number of benzene rings is 4. The van der Waals surface area contributed by atoms with Gasteiger partial charge in [-0.15, -0.1) is 0 Å². The summed E-state index contributed by atoms with van der Waals surface area (Å²) in [5.41, 5.74) is 4.83. The molecular weight excluding hydrogens is 431 g/mol. The first-order valence-corrected chi connectivity index (χ1v) is 12.0. The van der Waals surface area contributed by atoms with Crippen LogP contribution in [0.3, 0.4) is 0 Å². The Morgan fingerprint density at radius 3 is 1.94 bits per heavy atom. The molecule has 5 aromatic rings. The number of hydrogen-bond donors (Lipinski definition) is 0. The van der Waals surface area contributed by atoms with Crippen molar-refractivity contribution in [3.63, 3.8) is 0 Å². The summed E-state index contributed by atoms with van der Waals surface area (Å²) in [6.45, 7) is 8.17. The largest absolute Gasteiger partial charge is 0.534 e. The van der Waals surface area contributed by atoms with Gasteiger partial charge in [0.15, 0.2) is 5.72 Å². The molecular formula is C30H27BN2O2. The summed E-state index contributed by atoms with van der Waals surface area (Å²) in [6, 6.07) is 31.6. The minimum absolute atomic E-state index is 0.451. The Kier molecular flexibility index (Phi) is 5.03. The molecule has 0 spiro atoms. The molecule has 2 heterocycles. The average Bonchev–Trinajstić information content (AvgIpc) is 3.09. The molecule has 0 unspecified atom stereocenters. The molecule has 35 heavy (non-hydrogen) atoms. The van der Waals surface area contributed by atoms with E-state index in [-0.39, 0.29) is 0 Å². The molecule has 1 aliphatic rings. The van der Waals surface area contributed by atoms with Crippen LogP contribution in [0.4, 0.5) is 0 Å². The van der Waals surface area contributed by atoms with Crippen LogP contribution in [0.2, 0.25) is 0 Å². The van der Waals surface area contributed by atoms with Crippen LogP contribution in [0.5, 0.6) is 0 Å². The first-order valence-electron chi connectivity index (χ1n) is 12.0. The van der Waals surface area contributed by atoms with Gasteiger partial charge in [0.1, 0.15) is 0 Å². The number of nitrogens with zero attached hydrogens (tertiary/aromatic N) is 2. The molecule has 0 radical (unpaired) electrons. The van der Waals surface area contributed by atoms with Crippen molar-refractivity contribution in [1.29, 1.82) is 0 Å². The van der Waals surface area contributed by atoms with Crippen molar-refractivity contribution < 1.29 is 9.31 Å². The van der Waals surface area contributed by atoms with E-state index in [9.17, 15) is 0 Å². The zero-order valence-electron chi connectivity index (χ0n) is 20.4. The van der Waals surface area contributed by atoms with Crippen LogP contribution >= 0.6 is 0 Å². The predicted octanol–water partition coefficient (Wildman–Crippen LogP) is 6.42. The highest BCUT2D eigenvalue weighted by Crippen LogP contribution is 2.37. The molecule has 5 heteroatoms. The second kappa shape index (κ2) is 8.01. The summed E-state index contributed by atoms with van der Waals surface area (Å²) in [4.78, 5) is 9.79. The minimum Gasteiger partial charge on any atom is -0.397 e. The molecule has 0 bridgehead atoms. The molecule has 0 atom stereocenters. The predicted molar refractivity (Wildman–Crippen MR) is 144 cm³/mol. The second-order valence-electron chi connectivity index (χ2n) is 10.1. The molecule has 4 nitrogen and oxygen atoms in total. The summed E-state index contributed by atoms with van der Waals surface area (Å²) in [7, 11) is -0.613. The lowest BCUT2D eigenvalue weighted by atomic mass is 9.88. The van der Waals surface area contributed by atoms with E-state index in [4.69, 9.17) is 19.3 Å². The summed E-state index contributed by atoms with van der Waals surface area (Å²) < 4.78 is 12.5. The molecule has 1 aliphatic heterocycles. The van der Waals surface area contributed by atoms with Gasteiger partial charge in [-0.25, -0.2) is 9.97 Å². The smallest absolute Gasteiger partial charge is 0.397 e. The maximum Gasteiger partial charge on any atom is 0.534 e. The van der Waals surface area contributed by atoms with Gasteiger partial charge in [0.2, 0.25) is 0 Å². The summed E-state index contributed by atoms with van der Waals surface area (Å²) in [6.07, 6.45) is 0. The minimum atomic E-state index is -0.613.